The maximum atomic E-state index is 2.60. The molecule has 192 valence electrons. The van der Waals surface area contributed by atoms with Crippen LogP contribution in [-0.2, 0) is 6.42 Å². The quantitative estimate of drug-likeness (QED) is 0.207. The van der Waals surface area contributed by atoms with Gasteiger partial charge >= 0.3 is 0 Å². The summed E-state index contributed by atoms with van der Waals surface area (Å²) >= 11 is 2.01. The molecule has 0 N–H and O–H groups in total. The lowest BCUT2D eigenvalue weighted by molar-refractivity contribution is 0.989. The van der Waals surface area contributed by atoms with E-state index in [2.05, 4.69) is 121 Å². The Morgan fingerprint density at radius 3 is 1.85 bits per heavy atom. The minimum Gasteiger partial charge on any atom is -0.140 e. The molecule has 0 saturated carbocycles. The van der Waals surface area contributed by atoms with Crippen LogP contribution in [0.4, 0.5) is 0 Å². The minimum atomic E-state index is -0.525. The first-order valence-electron chi connectivity index (χ1n) is 14.0. The van der Waals surface area contributed by atoms with E-state index in [1.165, 1.54) is 44.4 Å². The molecule has 0 nitrogen and oxygen atoms in total. The molecule has 4 aromatic rings. The number of hydrogen-bond donors (Lipinski definition) is 0. The van der Waals surface area contributed by atoms with Gasteiger partial charge in [0.15, 0.2) is 0 Å². The highest BCUT2D eigenvalue weighted by Crippen LogP contribution is 2.58. The van der Waals surface area contributed by atoms with Crippen LogP contribution in [0.5, 0.6) is 0 Å². The van der Waals surface area contributed by atoms with E-state index in [0.717, 1.165) is 25.7 Å². The normalized spacial score (nSPS) is 18.2. The molecule has 0 bridgehead atoms. The Bertz CT molecular complexity index is 1650. The van der Waals surface area contributed by atoms with Crippen LogP contribution in [0.15, 0.2) is 131 Å². The van der Waals surface area contributed by atoms with Crippen LogP contribution >= 0.6 is 27.2 Å². The minimum absolute atomic E-state index is 0.457. The highest BCUT2D eigenvalue weighted by Gasteiger charge is 2.26. The van der Waals surface area contributed by atoms with Gasteiger partial charge in [-0.15, -0.1) is 11.3 Å². The molecule has 0 saturated heterocycles. The van der Waals surface area contributed by atoms with Crippen molar-refractivity contribution in [3.8, 4) is 0 Å². The first kappa shape index (κ1) is 25.2. The van der Waals surface area contributed by atoms with E-state index in [1.54, 1.807) is 20.8 Å². The standard InChI is InChI=1S/C36H32P2S/c1-5-13-27(14-6-1)37(28-15-7-2-8-16-28)31-21-23-35-33(25-31)34-26-32(22-24-36(34)39-35)38(29-17-9-3-10-18-29)30-19-11-4-12-20-30/h1-7,9-11,13-15,17-19,21,23,25-26H,8,12,16,20,22,24H2. The second kappa shape index (κ2) is 11.3. The summed E-state index contributed by atoms with van der Waals surface area (Å²) in [5, 5.41) is 10.7. The number of thiophene rings is 1. The van der Waals surface area contributed by atoms with Crippen LogP contribution in [0.25, 0.3) is 16.2 Å². The van der Waals surface area contributed by atoms with Crippen LogP contribution < -0.4 is 15.9 Å². The third-order valence-corrected chi connectivity index (χ3v) is 14.3. The summed E-state index contributed by atoms with van der Waals surface area (Å²) in [5.74, 6) is 0. The smallest absolute Gasteiger partial charge is 0.0352 e. The van der Waals surface area contributed by atoms with Gasteiger partial charge in [-0.1, -0.05) is 103 Å². The van der Waals surface area contributed by atoms with Gasteiger partial charge in [-0.05, 0) is 110 Å². The number of allylic oxidation sites excluding steroid dienone is 9. The van der Waals surface area contributed by atoms with Crippen molar-refractivity contribution in [3.05, 3.63) is 142 Å². The first-order valence-corrected chi connectivity index (χ1v) is 17.5. The largest absolute Gasteiger partial charge is 0.140 e. The van der Waals surface area contributed by atoms with E-state index in [4.69, 9.17) is 0 Å². The number of benzene rings is 3. The fraction of sp³-hybridized carbons (Fsp3) is 0.167. The molecule has 0 radical (unpaired) electrons. The molecule has 0 aliphatic heterocycles. The van der Waals surface area contributed by atoms with Gasteiger partial charge in [-0.2, -0.15) is 0 Å². The predicted octanol–water partition coefficient (Wildman–Crippen LogP) is 9.90. The van der Waals surface area contributed by atoms with Crippen molar-refractivity contribution < 1.29 is 0 Å². The molecule has 3 aliphatic carbocycles. The van der Waals surface area contributed by atoms with Crippen molar-refractivity contribution in [1.29, 1.82) is 0 Å². The Morgan fingerprint density at radius 2 is 1.21 bits per heavy atom. The van der Waals surface area contributed by atoms with Gasteiger partial charge in [-0.25, -0.2) is 0 Å². The molecule has 2 atom stereocenters. The van der Waals surface area contributed by atoms with Crippen molar-refractivity contribution in [3.63, 3.8) is 0 Å². The maximum Gasteiger partial charge on any atom is 0.0352 e. The fourth-order valence-electron chi connectivity index (χ4n) is 6.00. The lowest BCUT2D eigenvalue weighted by atomic mass is 10.0. The monoisotopic (exact) mass is 558 g/mol. The zero-order valence-corrected chi connectivity index (χ0v) is 24.7. The Labute approximate surface area is 238 Å². The van der Waals surface area contributed by atoms with E-state index in [-0.39, 0.29) is 0 Å². The molecule has 39 heavy (non-hydrogen) atoms. The molecule has 0 spiro atoms. The summed E-state index contributed by atoms with van der Waals surface area (Å²) in [4.78, 5) is 1.57. The summed E-state index contributed by atoms with van der Waals surface area (Å²) in [7, 11) is -0.982. The lowest BCUT2D eigenvalue weighted by Crippen LogP contribution is -2.13. The molecule has 2 unspecified atom stereocenters. The Balaban J connectivity index is 1.34. The topological polar surface area (TPSA) is 0 Å². The van der Waals surface area contributed by atoms with Gasteiger partial charge < -0.3 is 0 Å². The molecule has 3 aromatic carbocycles. The van der Waals surface area contributed by atoms with Gasteiger partial charge in [0, 0.05) is 15.0 Å². The molecule has 0 fully saturated rings. The molecule has 3 heteroatoms. The predicted molar refractivity (Wildman–Crippen MR) is 177 cm³/mol. The van der Waals surface area contributed by atoms with Crippen molar-refractivity contribution in [2.24, 2.45) is 0 Å². The summed E-state index contributed by atoms with van der Waals surface area (Å²) in [6.07, 6.45) is 23.5. The Hall–Kier alpha value is -2.82. The van der Waals surface area contributed by atoms with Crippen molar-refractivity contribution in [1.82, 2.24) is 0 Å². The van der Waals surface area contributed by atoms with E-state index in [9.17, 15) is 0 Å². The fourth-order valence-corrected chi connectivity index (χ4v) is 12.3. The Morgan fingerprint density at radius 1 is 0.564 bits per heavy atom. The maximum absolute atomic E-state index is 2.60. The van der Waals surface area contributed by atoms with Crippen LogP contribution in [0.3, 0.4) is 0 Å². The van der Waals surface area contributed by atoms with E-state index < -0.39 is 15.8 Å². The summed E-state index contributed by atoms with van der Waals surface area (Å²) in [6, 6.07) is 29.9. The van der Waals surface area contributed by atoms with Gasteiger partial charge in [0.25, 0.3) is 0 Å². The third kappa shape index (κ3) is 5.10. The average Bonchev–Trinajstić information content (AvgIpc) is 3.37. The molecular weight excluding hydrogens is 526 g/mol. The molecule has 1 heterocycles. The van der Waals surface area contributed by atoms with Gasteiger partial charge in [-0.3, -0.25) is 0 Å². The highest BCUT2D eigenvalue weighted by molar-refractivity contribution is 7.76. The number of hydrogen-bond acceptors (Lipinski definition) is 1. The highest BCUT2D eigenvalue weighted by atomic mass is 32.1. The zero-order chi connectivity index (χ0) is 26.0. The molecule has 1 aromatic heterocycles. The van der Waals surface area contributed by atoms with Crippen LogP contribution in [0.1, 0.15) is 42.5 Å². The summed E-state index contributed by atoms with van der Waals surface area (Å²) in [6.45, 7) is 0. The second-order valence-electron chi connectivity index (χ2n) is 10.3. The third-order valence-electron chi connectivity index (χ3n) is 7.84. The number of aryl methyl sites for hydroxylation is 1. The Kier molecular flexibility index (Phi) is 7.32. The SMILES string of the molecule is C1=CCCC(P(C2=Cc3c(sc4ccc(P(C5=CC=CCC5)c5ccccc5)cc34)CC2)c2ccccc2)=C1. The van der Waals surface area contributed by atoms with Crippen LogP contribution in [0, 0.1) is 0 Å². The summed E-state index contributed by atoms with van der Waals surface area (Å²) in [5.41, 5.74) is 1.49. The lowest BCUT2D eigenvalue weighted by Gasteiger charge is -2.28. The van der Waals surface area contributed by atoms with Gasteiger partial charge in [0.1, 0.15) is 0 Å². The molecule has 0 amide bonds. The van der Waals surface area contributed by atoms with Crippen LogP contribution in [0.2, 0.25) is 0 Å². The second-order valence-corrected chi connectivity index (χ2v) is 16.1. The van der Waals surface area contributed by atoms with Crippen molar-refractivity contribution >= 4 is 59.3 Å². The van der Waals surface area contributed by atoms with Crippen molar-refractivity contribution in [2.45, 2.75) is 38.5 Å². The van der Waals surface area contributed by atoms with E-state index >= 15 is 0 Å². The molecule has 3 aliphatic rings. The van der Waals surface area contributed by atoms with Crippen LogP contribution in [-0.4, -0.2) is 0 Å². The van der Waals surface area contributed by atoms with Gasteiger partial charge in [0.05, 0.1) is 0 Å². The average molecular weight is 559 g/mol. The van der Waals surface area contributed by atoms with E-state index in [0.29, 0.717) is 0 Å². The number of rotatable bonds is 6. The first-order chi connectivity index (χ1) is 19.3. The molecular formula is C36H32P2S. The summed E-state index contributed by atoms with van der Waals surface area (Å²) < 4.78 is 1.44. The van der Waals surface area contributed by atoms with Gasteiger partial charge in [0.2, 0.25) is 0 Å². The van der Waals surface area contributed by atoms with Crippen molar-refractivity contribution in [2.75, 3.05) is 0 Å². The van der Waals surface area contributed by atoms with E-state index in [1.807, 2.05) is 11.3 Å². The zero-order valence-electron chi connectivity index (χ0n) is 22.1. The molecule has 7 rings (SSSR count). The number of fused-ring (bicyclic) bond motifs is 3.